The number of hydrogen-bond acceptors (Lipinski definition) is 3. The molecule has 2 aliphatic heterocycles. The van der Waals surface area contributed by atoms with Crippen molar-refractivity contribution in [1.29, 1.82) is 0 Å². The lowest BCUT2D eigenvalue weighted by Crippen LogP contribution is -2.55. The molecule has 0 aliphatic carbocycles. The Balaban J connectivity index is 1.52. The summed E-state index contributed by atoms with van der Waals surface area (Å²) in [4.78, 5) is 14.6. The molecule has 21 heavy (non-hydrogen) atoms. The van der Waals surface area contributed by atoms with Crippen LogP contribution in [0.15, 0.2) is 24.3 Å². The van der Waals surface area contributed by atoms with Crippen LogP contribution in [0.25, 0.3) is 0 Å². The lowest BCUT2D eigenvalue weighted by Gasteiger charge is -2.39. The third kappa shape index (κ3) is 3.05. The van der Waals surface area contributed by atoms with Crippen molar-refractivity contribution in [3.8, 4) is 0 Å². The van der Waals surface area contributed by atoms with E-state index in [0.717, 1.165) is 25.9 Å². The highest BCUT2D eigenvalue weighted by Crippen LogP contribution is 2.27. The first-order chi connectivity index (χ1) is 10.1. The number of nitrogens with one attached hydrogen (secondary N) is 1. The molecule has 0 radical (unpaired) electrons. The van der Waals surface area contributed by atoms with Gasteiger partial charge in [-0.05, 0) is 44.4 Å². The van der Waals surface area contributed by atoms with E-state index in [-0.39, 0.29) is 11.3 Å². The minimum absolute atomic E-state index is 0.155. The van der Waals surface area contributed by atoms with E-state index in [2.05, 4.69) is 41.4 Å². The quantitative estimate of drug-likeness (QED) is 0.926. The van der Waals surface area contributed by atoms with Crippen LogP contribution in [0.4, 0.5) is 5.69 Å². The largest absolute Gasteiger partial charge is 0.379 e. The first-order valence-corrected chi connectivity index (χ1v) is 7.77. The Bertz CT molecular complexity index is 517. The maximum Gasteiger partial charge on any atom is 0.230 e. The van der Waals surface area contributed by atoms with Gasteiger partial charge in [0, 0.05) is 24.8 Å². The molecule has 0 saturated carbocycles. The number of benzene rings is 1. The summed E-state index contributed by atoms with van der Waals surface area (Å²) in [6.07, 6.45) is 2.02. The summed E-state index contributed by atoms with van der Waals surface area (Å²) in [6.45, 7) is 7.22. The molecule has 4 heteroatoms. The number of amides is 1. The normalized spacial score (nSPS) is 21.7. The van der Waals surface area contributed by atoms with Crippen molar-refractivity contribution in [1.82, 2.24) is 5.32 Å². The van der Waals surface area contributed by atoms with Gasteiger partial charge in [0.1, 0.15) is 0 Å². The number of carbonyl (C=O) groups excluding carboxylic acids is 1. The van der Waals surface area contributed by atoms with Gasteiger partial charge < -0.3 is 15.0 Å². The van der Waals surface area contributed by atoms with Gasteiger partial charge >= 0.3 is 0 Å². The third-order valence-corrected chi connectivity index (χ3v) is 4.59. The molecule has 2 fully saturated rings. The van der Waals surface area contributed by atoms with E-state index in [9.17, 15) is 4.79 Å². The van der Waals surface area contributed by atoms with Gasteiger partial charge in [-0.25, -0.2) is 0 Å². The molecule has 0 unspecified atom stereocenters. The van der Waals surface area contributed by atoms with Crippen LogP contribution in [0, 0.1) is 12.3 Å². The van der Waals surface area contributed by atoms with E-state index in [0.29, 0.717) is 19.3 Å². The standard InChI is InChI=1S/C17H24N2O2/c1-13-4-3-5-15(10-13)19-8-6-14(7-9-19)18-16(20)17(2)11-21-12-17/h3-5,10,14H,6-9,11-12H2,1-2H3,(H,18,20). The Morgan fingerprint density at radius 1 is 1.33 bits per heavy atom. The summed E-state index contributed by atoms with van der Waals surface area (Å²) in [6, 6.07) is 8.92. The van der Waals surface area contributed by atoms with E-state index in [4.69, 9.17) is 4.74 Å². The SMILES string of the molecule is Cc1cccc(N2CCC(NC(=O)C3(C)COC3)CC2)c1. The summed E-state index contributed by atoms with van der Waals surface area (Å²) in [5, 5.41) is 3.20. The zero-order chi connectivity index (χ0) is 14.9. The van der Waals surface area contributed by atoms with E-state index >= 15 is 0 Å². The Morgan fingerprint density at radius 2 is 2.05 bits per heavy atom. The first kappa shape index (κ1) is 14.4. The molecule has 0 bridgehead atoms. The molecule has 0 atom stereocenters. The van der Waals surface area contributed by atoms with Crippen LogP contribution in [-0.2, 0) is 9.53 Å². The smallest absolute Gasteiger partial charge is 0.230 e. The molecule has 1 N–H and O–H groups in total. The van der Waals surface area contributed by atoms with E-state index in [1.54, 1.807) is 0 Å². The van der Waals surface area contributed by atoms with Gasteiger partial charge in [0.05, 0.1) is 18.6 Å². The van der Waals surface area contributed by atoms with Gasteiger partial charge in [0.15, 0.2) is 0 Å². The van der Waals surface area contributed by atoms with Crippen LogP contribution >= 0.6 is 0 Å². The summed E-state index contributed by atoms with van der Waals surface area (Å²) >= 11 is 0. The predicted octanol–water partition coefficient (Wildman–Crippen LogP) is 2.12. The Kier molecular flexibility index (Phi) is 3.89. The van der Waals surface area contributed by atoms with E-state index in [1.807, 2.05) is 6.92 Å². The molecule has 1 amide bonds. The van der Waals surface area contributed by atoms with Crippen molar-refractivity contribution in [2.24, 2.45) is 5.41 Å². The zero-order valence-corrected chi connectivity index (χ0v) is 12.9. The highest BCUT2D eigenvalue weighted by atomic mass is 16.5. The number of anilines is 1. The molecule has 4 nitrogen and oxygen atoms in total. The monoisotopic (exact) mass is 288 g/mol. The fraction of sp³-hybridized carbons (Fsp3) is 0.588. The number of hydrogen-bond donors (Lipinski definition) is 1. The number of piperidine rings is 1. The third-order valence-electron chi connectivity index (χ3n) is 4.59. The Labute approximate surface area is 126 Å². The van der Waals surface area contributed by atoms with Crippen LogP contribution < -0.4 is 10.2 Å². The molecule has 2 heterocycles. The second-order valence-electron chi connectivity index (χ2n) is 6.63. The second kappa shape index (κ2) is 5.68. The zero-order valence-electron chi connectivity index (χ0n) is 12.9. The average molecular weight is 288 g/mol. The summed E-state index contributed by atoms with van der Waals surface area (Å²) < 4.78 is 5.17. The van der Waals surface area contributed by atoms with Crippen LogP contribution in [-0.4, -0.2) is 38.3 Å². The van der Waals surface area contributed by atoms with Gasteiger partial charge in [0.25, 0.3) is 0 Å². The van der Waals surface area contributed by atoms with Crippen LogP contribution in [0.5, 0.6) is 0 Å². The lowest BCUT2D eigenvalue weighted by molar-refractivity contribution is -0.158. The number of nitrogens with zero attached hydrogens (tertiary/aromatic N) is 1. The average Bonchev–Trinajstić information content (AvgIpc) is 2.45. The maximum atomic E-state index is 12.2. The molecular weight excluding hydrogens is 264 g/mol. The summed E-state index contributed by atoms with van der Waals surface area (Å²) in [5.41, 5.74) is 2.29. The van der Waals surface area contributed by atoms with Crippen molar-refractivity contribution in [2.75, 3.05) is 31.2 Å². The molecule has 0 spiro atoms. The number of aryl methyl sites for hydroxylation is 1. The Morgan fingerprint density at radius 3 is 2.62 bits per heavy atom. The summed E-state index contributed by atoms with van der Waals surface area (Å²) in [7, 11) is 0. The number of ether oxygens (including phenoxy) is 1. The first-order valence-electron chi connectivity index (χ1n) is 7.77. The molecule has 1 aromatic carbocycles. The molecule has 2 aliphatic rings. The minimum Gasteiger partial charge on any atom is -0.379 e. The summed E-state index contributed by atoms with van der Waals surface area (Å²) in [5.74, 6) is 0.155. The van der Waals surface area contributed by atoms with Gasteiger partial charge in [-0.1, -0.05) is 12.1 Å². The van der Waals surface area contributed by atoms with E-state index < -0.39 is 0 Å². The van der Waals surface area contributed by atoms with Crippen molar-refractivity contribution in [3.05, 3.63) is 29.8 Å². The van der Waals surface area contributed by atoms with Gasteiger partial charge in [0.2, 0.25) is 5.91 Å². The molecule has 3 rings (SSSR count). The predicted molar refractivity (Wildman–Crippen MR) is 83.5 cm³/mol. The van der Waals surface area contributed by atoms with Crippen molar-refractivity contribution < 1.29 is 9.53 Å². The second-order valence-corrected chi connectivity index (χ2v) is 6.63. The van der Waals surface area contributed by atoms with Crippen LogP contribution in [0.3, 0.4) is 0 Å². The van der Waals surface area contributed by atoms with Gasteiger partial charge in [-0.15, -0.1) is 0 Å². The molecule has 2 saturated heterocycles. The molecule has 0 aromatic heterocycles. The van der Waals surface area contributed by atoms with Crippen molar-refractivity contribution in [3.63, 3.8) is 0 Å². The topological polar surface area (TPSA) is 41.6 Å². The highest BCUT2D eigenvalue weighted by Gasteiger charge is 2.41. The van der Waals surface area contributed by atoms with Crippen LogP contribution in [0.1, 0.15) is 25.3 Å². The van der Waals surface area contributed by atoms with Gasteiger partial charge in [-0.2, -0.15) is 0 Å². The minimum atomic E-state index is -0.298. The number of rotatable bonds is 3. The molecular formula is C17H24N2O2. The number of carbonyl (C=O) groups is 1. The molecule has 1 aromatic rings. The fourth-order valence-electron chi connectivity index (χ4n) is 3.01. The van der Waals surface area contributed by atoms with Crippen LogP contribution in [0.2, 0.25) is 0 Å². The maximum absolute atomic E-state index is 12.2. The highest BCUT2D eigenvalue weighted by molar-refractivity contribution is 5.83. The fourth-order valence-corrected chi connectivity index (χ4v) is 3.01. The lowest BCUT2D eigenvalue weighted by atomic mass is 9.87. The van der Waals surface area contributed by atoms with Gasteiger partial charge in [-0.3, -0.25) is 4.79 Å². The Hall–Kier alpha value is -1.55. The van der Waals surface area contributed by atoms with E-state index in [1.165, 1.54) is 11.3 Å². The molecule has 114 valence electrons. The van der Waals surface area contributed by atoms with Crippen molar-refractivity contribution >= 4 is 11.6 Å². The van der Waals surface area contributed by atoms with Crippen molar-refractivity contribution in [2.45, 2.75) is 32.7 Å².